The minimum absolute atomic E-state index is 0.233. The van der Waals surface area contributed by atoms with Crippen molar-refractivity contribution in [2.45, 2.75) is 32.9 Å². The summed E-state index contributed by atoms with van der Waals surface area (Å²) in [7, 11) is 5.49. The highest BCUT2D eigenvalue weighted by molar-refractivity contribution is 5.45. The molecule has 2 N–H and O–H groups in total. The summed E-state index contributed by atoms with van der Waals surface area (Å²) in [6.07, 6.45) is 0.988. The highest BCUT2D eigenvalue weighted by Crippen LogP contribution is 2.29. The van der Waals surface area contributed by atoms with Crippen LogP contribution in [-0.2, 0) is 6.54 Å². The molecule has 1 aromatic carbocycles. The van der Waals surface area contributed by atoms with E-state index >= 15 is 0 Å². The summed E-state index contributed by atoms with van der Waals surface area (Å²) in [5.74, 6) is 1.81. The summed E-state index contributed by atoms with van der Waals surface area (Å²) in [5.41, 5.74) is 8.01. The lowest BCUT2D eigenvalue weighted by atomic mass is 10.1. The third-order valence-electron chi connectivity index (χ3n) is 3.20. The molecule has 0 saturated carbocycles. The van der Waals surface area contributed by atoms with E-state index in [9.17, 15) is 0 Å². The van der Waals surface area contributed by atoms with Crippen molar-refractivity contribution in [3.8, 4) is 11.5 Å². The number of hydrogen-bond donors (Lipinski definition) is 1. The van der Waals surface area contributed by atoms with E-state index in [0.29, 0.717) is 0 Å². The van der Waals surface area contributed by atoms with Crippen LogP contribution in [-0.4, -0.2) is 38.8 Å². The van der Waals surface area contributed by atoms with Gasteiger partial charge in [0.15, 0.2) is 0 Å². The van der Waals surface area contributed by atoms with Crippen molar-refractivity contribution >= 4 is 0 Å². The molecule has 1 aromatic rings. The maximum atomic E-state index is 5.78. The Morgan fingerprint density at radius 2 is 1.84 bits per heavy atom. The van der Waals surface area contributed by atoms with Crippen LogP contribution in [0.1, 0.15) is 24.5 Å². The average Bonchev–Trinajstić information content (AvgIpc) is 2.37. The van der Waals surface area contributed by atoms with Gasteiger partial charge in [0.1, 0.15) is 11.5 Å². The Labute approximate surface area is 116 Å². The van der Waals surface area contributed by atoms with Gasteiger partial charge >= 0.3 is 0 Å². The molecule has 19 heavy (non-hydrogen) atoms. The van der Waals surface area contributed by atoms with Crippen molar-refractivity contribution in [2.24, 2.45) is 5.73 Å². The molecule has 1 atom stereocenters. The van der Waals surface area contributed by atoms with Crippen LogP contribution in [0.15, 0.2) is 12.1 Å². The fraction of sp³-hybridized carbons (Fsp3) is 0.600. The number of aryl methyl sites for hydroxylation is 1. The van der Waals surface area contributed by atoms with Gasteiger partial charge in [-0.15, -0.1) is 0 Å². The minimum Gasteiger partial charge on any atom is -0.496 e. The van der Waals surface area contributed by atoms with Crippen LogP contribution >= 0.6 is 0 Å². The molecular weight excluding hydrogens is 240 g/mol. The van der Waals surface area contributed by atoms with Gasteiger partial charge < -0.3 is 20.1 Å². The molecule has 0 amide bonds. The number of hydrogen-bond acceptors (Lipinski definition) is 4. The van der Waals surface area contributed by atoms with Gasteiger partial charge in [-0.1, -0.05) is 0 Å². The topological polar surface area (TPSA) is 47.7 Å². The van der Waals surface area contributed by atoms with Crippen molar-refractivity contribution in [3.05, 3.63) is 23.3 Å². The van der Waals surface area contributed by atoms with Crippen molar-refractivity contribution in [1.82, 2.24) is 4.90 Å². The predicted molar refractivity (Wildman–Crippen MR) is 78.9 cm³/mol. The number of ether oxygens (including phenoxy) is 2. The Balaban J connectivity index is 2.80. The lowest BCUT2D eigenvalue weighted by Gasteiger charge is -2.20. The number of rotatable bonds is 7. The minimum atomic E-state index is 0.233. The Hall–Kier alpha value is -1.26. The molecule has 0 saturated heterocycles. The summed E-state index contributed by atoms with van der Waals surface area (Å²) in [4.78, 5) is 2.25. The second-order valence-corrected chi connectivity index (χ2v) is 5.14. The molecule has 0 aliphatic carbocycles. The second-order valence-electron chi connectivity index (χ2n) is 5.14. The third kappa shape index (κ3) is 4.73. The average molecular weight is 266 g/mol. The fourth-order valence-electron chi connectivity index (χ4n) is 2.03. The Kier molecular flexibility index (Phi) is 6.12. The third-order valence-corrected chi connectivity index (χ3v) is 3.20. The summed E-state index contributed by atoms with van der Waals surface area (Å²) in [6, 6.07) is 4.31. The normalized spacial score (nSPS) is 12.6. The second kappa shape index (κ2) is 7.36. The van der Waals surface area contributed by atoms with Gasteiger partial charge in [-0.05, 0) is 51.6 Å². The first-order valence-corrected chi connectivity index (χ1v) is 6.63. The van der Waals surface area contributed by atoms with Crippen LogP contribution in [0.4, 0.5) is 0 Å². The number of nitrogens with two attached hydrogens (primary N) is 1. The zero-order valence-corrected chi connectivity index (χ0v) is 12.7. The SMILES string of the molecule is COc1cc(CN(C)CCC(C)N)c(OC)cc1C. The quantitative estimate of drug-likeness (QED) is 0.822. The van der Waals surface area contributed by atoms with Crippen molar-refractivity contribution < 1.29 is 9.47 Å². The lowest BCUT2D eigenvalue weighted by molar-refractivity contribution is 0.304. The summed E-state index contributed by atoms with van der Waals surface area (Å²) >= 11 is 0. The monoisotopic (exact) mass is 266 g/mol. The first-order chi connectivity index (χ1) is 8.97. The van der Waals surface area contributed by atoms with Gasteiger partial charge in [-0.25, -0.2) is 0 Å². The van der Waals surface area contributed by atoms with E-state index in [4.69, 9.17) is 15.2 Å². The highest BCUT2D eigenvalue weighted by Gasteiger charge is 2.11. The van der Waals surface area contributed by atoms with Crippen LogP contribution in [0, 0.1) is 6.92 Å². The van der Waals surface area contributed by atoms with Crippen molar-refractivity contribution in [3.63, 3.8) is 0 Å². The largest absolute Gasteiger partial charge is 0.496 e. The van der Waals surface area contributed by atoms with Gasteiger partial charge in [0.2, 0.25) is 0 Å². The van der Waals surface area contributed by atoms with E-state index in [1.807, 2.05) is 19.9 Å². The van der Waals surface area contributed by atoms with Crippen molar-refractivity contribution in [2.75, 3.05) is 27.8 Å². The molecule has 0 radical (unpaired) electrons. The van der Waals surface area contributed by atoms with Crippen LogP contribution < -0.4 is 15.2 Å². The molecule has 1 unspecified atom stereocenters. The summed E-state index contributed by atoms with van der Waals surface area (Å²) in [6.45, 7) is 5.85. The standard InChI is InChI=1S/C15H26N2O2/c1-11-8-15(19-5)13(9-14(11)18-4)10-17(3)7-6-12(2)16/h8-9,12H,6-7,10,16H2,1-5H3. The van der Waals surface area contributed by atoms with E-state index in [1.54, 1.807) is 14.2 Å². The van der Waals surface area contributed by atoms with E-state index in [1.165, 1.54) is 0 Å². The lowest BCUT2D eigenvalue weighted by Crippen LogP contribution is -2.26. The van der Waals surface area contributed by atoms with Gasteiger partial charge in [-0.2, -0.15) is 0 Å². The predicted octanol–water partition coefficient (Wildman–Crippen LogP) is 2.18. The molecule has 0 aliphatic heterocycles. The summed E-state index contributed by atoms with van der Waals surface area (Å²) < 4.78 is 10.8. The van der Waals surface area contributed by atoms with Gasteiger partial charge in [-0.3, -0.25) is 0 Å². The van der Waals surface area contributed by atoms with E-state index in [-0.39, 0.29) is 6.04 Å². The number of nitrogens with zero attached hydrogens (tertiary/aromatic N) is 1. The molecule has 0 aromatic heterocycles. The number of benzene rings is 1. The Morgan fingerprint density at radius 3 is 2.37 bits per heavy atom. The zero-order chi connectivity index (χ0) is 14.4. The molecule has 0 fully saturated rings. The van der Waals surface area contributed by atoms with E-state index in [2.05, 4.69) is 18.0 Å². The first kappa shape index (κ1) is 15.8. The van der Waals surface area contributed by atoms with Crippen molar-refractivity contribution in [1.29, 1.82) is 0 Å². The maximum Gasteiger partial charge on any atom is 0.123 e. The molecule has 0 aliphatic rings. The first-order valence-electron chi connectivity index (χ1n) is 6.63. The van der Waals surface area contributed by atoms with Gasteiger partial charge in [0, 0.05) is 18.2 Å². The molecule has 0 bridgehead atoms. The molecule has 1 rings (SSSR count). The molecular formula is C15H26N2O2. The fourth-order valence-corrected chi connectivity index (χ4v) is 2.03. The highest BCUT2D eigenvalue weighted by atomic mass is 16.5. The molecule has 4 heteroatoms. The zero-order valence-electron chi connectivity index (χ0n) is 12.7. The van der Waals surface area contributed by atoms with Crippen LogP contribution in [0.5, 0.6) is 11.5 Å². The van der Waals surface area contributed by atoms with Gasteiger partial charge in [0.25, 0.3) is 0 Å². The van der Waals surface area contributed by atoms with E-state index in [0.717, 1.165) is 42.1 Å². The maximum absolute atomic E-state index is 5.78. The van der Waals surface area contributed by atoms with Crippen LogP contribution in [0.25, 0.3) is 0 Å². The molecule has 0 heterocycles. The molecule has 4 nitrogen and oxygen atoms in total. The molecule has 108 valence electrons. The van der Waals surface area contributed by atoms with Gasteiger partial charge in [0.05, 0.1) is 14.2 Å². The smallest absolute Gasteiger partial charge is 0.123 e. The van der Waals surface area contributed by atoms with Crippen LogP contribution in [0.3, 0.4) is 0 Å². The Bertz CT molecular complexity index is 405. The van der Waals surface area contributed by atoms with Crippen LogP contribution in [0.2, 0.25) is 0 Å². The molecule has 0 spiro atoms. The Morgan fingerprint density at radius 1 is 1.21 bits per heavy atom. The number of methoxy groups -OCH3 is 2. The van der Waals surface area contributed by atoms with E-state index < -0.39 is 0 Å². The summed E-state index contributed by atoms with van der Waals surface area (Å²) in [5, 5.41) is 0.